The van der Waals surface area contributed by atoms with Gasteiger partial charge in [0.1, 0.15) is 4.83 Å². The Morgan fingerprint density at radius 3 is 2.74 bits per heavy atom. The molecule has 142 valence electrons. The van der Waals surface area contributed by atoms with E-state index in [1.807, 2.05) is 39.0 Å². The van der Waals surface area contributed by atoms with E-state index in [1.54, 1.807) is 6.33 Å². The summed E-state index contributed by atoms with van der Waals surface area (Å²) in [7, 11) is 0. The predicted octanol–water partition coefficient (Wildman–Crippen LogP) is 3.60. The van der Waals surface area contributed by atoms with Crippen LogP contribution < -0.4 is 10.9 Å². The summed E-state index contributed by atoms with van der Waals surface area (Å²) in [5.41, 5.74) is 2.19. The third kappa shape index (κ3) is 4.63. The normalized spacial score (nSPS) is 12.3. The zero-order chi connectivity index (χ0) is 19.4. The lowest BCUT2D eigenvalue weighted by atomic mass is 10.1. The molecule has 0 radical (unpaired) electrons. The Labute approximate surface area is 163 Å². The van der Waals surface area contributed by atoms with E-state index in [4.69, 9.17) is 0 Å². The molecular formula is C21H25N3O2S. The number of amides is 1. The first kappa shape index (κ1) is 19.3. The average molecular weight is 384 g/mol. The van der Waals surface area contributed by atoms with Crippen LogP contribution in [-0.2, 0) is 17.8 Å². The molecular weight excluding hydrogens is 358 g/mol. The largest absolute Gasteiger partial charge is 0.354 e. The van der Waals surface area contributed by atoms with E-state index in [-0.39, 0.29) is 23.9 Å². The highest BCUT2D eigenvalue weighted by atomic mass is 32.1. The molecule has 3 rings (SSSR count). The van der Waals surface area contributed by atoms with E-state index in [1.165, 1.54) is 21.5 Å². The molecule has 1 aromatic carbocycles. The Bertz CT molecular complexity index is 992. The van der Waals surface area contributed by atoms with Crippen LogP contribution in [0.3, 0.4) is 0 Å². The Morgan fingerprint density at radius 2 is 2.00 bits per heavy atom. The number of carbonyl (C=O) groups is 1. The van der Waals surface area contributed by atoms with E-state index >= 15 is 0 Å². The lowest BCUT2D eigenvalue weighted by Crippen LogP contribution is -2.34. The van der Waals surface area contributed by atoms with Gasteiger partial charge in [0.05, 0.1) is 11.7 Å². The second-order valence-electron chi connectivity index (χ2n) is 6.95. The number of nitrogens with one attached hydrogen (secondary N) is 1. The molecule has 0 aliphatic carbocycles. The average Bonchev–Trinajstić information content (AvgIpc) is 2.95. The molecule has 5 nitrogen and oxygen atoms in total. The van der Waals surface area contributed by atoms with Crippen molar-refractivity contribution in [3.05, 3.63) is 63.0 Å². The van der Waals surface area contributed by atoms with Crippen molar-refractivity contribution >= 4 is 27.5 Å². The summed E-state index contributed by atoms with van der Waals surface area (Å²) < 4.78 is 1.54. The van der Waals surface area contributed by atoms with Gasteiger partial charge in [-0.25, -0.2) is 4.98 Å². The summed E-state index contributed by atoms with van der Waals surface area (Å²) in [4.78, 5) is 31.1. The van der Waals surface area contributed by atoms with Crippen LogP contribution in [0.2, 0.25) is 0 Å². The molecule has 2 heterocycles. The molecule has 1 amide bonds. The van der Waals surface area contributed by atoms with Crippen molar-refractivity contribution < 1.29 is 4.79 Å². The summed E-state index contributed by atoms with van der Waals surface area (Å²) in [6.45, 7) is 6.30. The number of nitrogens with zero attached hydrogens (tertiary/aromatic N) is 2. The Morgan fingerprint density at radius 1 is 1.26 bits per heavy atom. The first-order valence-corrected chi connectivity index (χ1v) is 10.1. The summed E-state index contributed by atoms with van der Waals surface area (Å²) in [6.07, 6.45) is 3.63. The quantitative estimate of drug-likeness (QED) is 0.678. The maximum atomic E-state index is 12.7. The van der Waals surface area contributed by atoms with Crippen molar-refractivity contribution in [3.63, 3.8) is 0 Å². The molecule has 27 heavy (non-hydrogen) atoms. The molecule has 3 aromatic rings. The SMILES string of the molecule is Cc1sc2ncn(CCC(=O)NC(C)CCc3ccccc3)c(=O)c2c1C. The molecule has 1 N–H and O–H groups in total. The third-order valence-electron chi connectivity index (χ3n) is 4.85. The molecule has 0 spiro atoms. The highest BCUT2D eigenvalue weighted by molar-refractivity contribution is 7.18. The number of hydrogen-bond acceptors (Lipinski definition) is 4. The van der Waals surface area contributed by atoms with Gasteiger partial charge in [0, 0.05) is 23.9 Å². The highest BCUT2D eigenvalue weighted by Crippen LogP contribution is 2.25. The number of carbonyl (C=O) groups excluding carboxylic acids is 1. The molecule has 1 unspecified atom stereocenters. The minimum atomic E-state index is -0.0632. The number of benzene rings is 1. The lowest BCUT2D eigenvalue weighted by Gasteiger charge is -2.14. The second kappa shape index (κ2) is 8.48. The lowest BCUT2D eigenvalue weighted by molar-refractivity contribution is -0.121. The predicted molar refractivity (Wildman–Crippen MR) is 110 cm³/mol. The molecule has 0 fully saturated rings. The molecule has 0 bridgehead atoms. The van der Waals surface area contributed by atoms with Crippen LogP contribution in [0.4, 0.5) is 0 Å². The van der Waals surface area contributed by atoms with Gasteiger partial charge in [-0.3, -0.25) is 14.2 Å². The number of aryl methyl sites for hydroxylation is 4. The van der Waals surface area contributed by atoms with Crippen LogP contribution in [0, 0.1) is 13.8 Å². The van der Waals surface area contributed by atoms with Crippen molar-refractivity contribution in [2.75, 3.05) is 0 Å². The van der Waals surface area contributed by atoms with Gasteiger partial charge in [-0.1, -0.05) is 30.3 Å². The maximum Gasteiger partial charge on any atom is 0.262 e. The van der Waals surface area contributed by atoms with Crippen LogP contribution in [0.25, 0.3) is 10.2 Å². The van der Waals surface area contributed by atoms with Gasteiger partial charge in [0.2, 0.25) is 5.91 Å². The van der Waals surface area contributed by atoms with Crippen molar-refractivity contribution in [1.29, 1.82) is 0 Å². The second-order valence-corrected chi connectivity index (χ2v) is 8.15. The van der Waals surface area contributed by atoms with Gasteiger partial charge in [-0.2, -0.15) is 0 Å². The maximum absolute atomic E-state index is 12.7. The van der Waals surface area contributed by atoms with E-state index in [0.717, 1.165) is 28.1 Å². The minimum absolute atomic E-state index is 0.0409. The van der Waals surface area contributed by atoms with Crippen molar-refractivity contribution in [3.8, 4) is 0 Å². The highest BCUT2D eigenvalue weighted by Gasteiger charge is 2.13. The van der Waals surface area contributed by atoms with Crippen molar-refractivity contribution in [2.24, 2.45) is 0 Å². The van der Waals surface area contributed by atoms with Crippen LogP contribution >= 0.6 is 11.3 Å². The standard InChI is InChI=1S/C21H25N3O2S/c1-14(9-10-17-7-5-4-6-8-17)23-18(25)11-12-24-13-22-20-19(21(24)26)15(2)16(3)27-20/h4-8,13-14H,9-12H2,1-3H3,(H,23,25). The van der Waals surface area contributed by atoms with Gasteiger partial charge in [-0.15, -0.1) is 11.3 Å². The molecule has 2 aromatic heterocycles. The molecule has 0 saturated carbocycles. The van der Waals surface area contributed by atoms with E-state index in [2.05, 4.69) is 22.4 Å². The topological polar surface area (TPSA) is 64.0 Å². The van der Waals surface area contributed by atoms with Crippen LogP contribution in [0.5, 0.6) is 0 Å². The van der Waals surface area contributed by atoms with Crippen molar-refractivity contribution in [1.82, 2.24) is 14.9 Å². The summed E-state index contributed by atoms with van der Waals surface area (Å²) in [5.74, 6) is -0.0409. The fourth-order valence-electron chi connectivity index (χ4n) is 3.10. The summed E-state index contributed by atoms with van der Waals surface area (Å²) >= 11 is 1.53. The Hall–Kier alpha value is -2.47. The van der Waals surface area contributed by atoms with Gasteiger partial charge >= 0.3 is 0 Å². The van der Waals surface area contributed by atoms with Crippen LogP contribution in [-0.4, -0.2) is 21.5 Å². The fraction of sp³-hybridized carbons (Fsp3) is 0.381. The molecule has 1 atom stereocenters. The molecule has 0 aliphatic heterocycles. The fourth-order valence-corrected chi connectivity index (χ4v) is 4.09. The zero-order valence-electron chi connectivity index (χ0n) is 16.0. The minimum Gasteiger partial charge on any atom is -0.354 e. The third-order valence-corrected chi connectivity index (χ3v) is 5.97. The van der Waals surface area contributed by atoms with Gasteiger partial charge in [-0.05, 0) is 44.7 Å². The van der Waals surface area contributed by atoms with Crippen molar-refractivity contribution in [2.45, 2.75) is 52.6 Å². The first-order chi connectivity index (χ1) is 13.0. The summed E-state index contributed by atoms with van der Waals surface area (Å²) in [5, 5.41) is 3.70. The number of aromatic nitrogens is 2. The van der Waals surface area contributed by atoms with Gasteiger partial charge in [0.25, 0.3) is 5.56 Å². The summed E-state index contributed by atoms with van der Waals surface area (Å²) in [6, 6.07) is 10.3. The van der Waals surface area contributed by atoms with Crippen LogP contribution in [0.1, 0.15) is 35.8 Å². The number of hydrogen-bond donors (Lipinski definition) is 1. The van der Waals surface area contributed by atoms with Crippen LogP contribution in [0.15, 0.2) is 41.5 Å². The Balaban J connectivity index is 1.54. The number of fused-ring (bicyclic) bond motifs is 1. The Kier molecular flexibility index (Phi) is 6.06. The smallest absolute Gasteiger partial charge is 0.262 e. The zero-order valence-corrected chi connectivity index (χ0v) is 16.8. The van der Waals surface area contributed by atoms with Gasteiger partial charge < -0.3 is 5.32 Å². The van der Waals surface area contributed by atoms with E-state index in [0.29, 0.717) is 11.9 Å². The van der Waals surface area contributed by atoms with E-state index < -0.39 is 0 Å². The number of rotatable bonds is 7. The molecule has 0 saturated heterocycles. The monoisotopic (exact) mass is 383 g/mol. The van der Waals surface area contributed by atoms with E-state index in [9.17, 15) is 9.59 Å². The number of thiophene rings is 1. The first-order valence-electron chi connectivity index (χ1n) is 9.24. The molecule has 6 heteroatoms. The molecule has 0 aliphatic rings. The van der Waals surface area contributed by atoms with Gasteiger partial charge in [0.15, 0.2) is 0 Å².